The molecule has 6 nitrogen and oxygen atoms in total. The van der Waals surface area contributed by atoms with Gasteiger partial charge in [-0.3, -0.25) is 14.7 Å². The van der Waals surface area contributed by atoms with Gasteiger partial charge in [-0.1, -0.05) is 0 Å². The van der Waals surface area contributed by atoms with Gasteiger partial charge in [-0.25, -0.2) is 9.37 Å². The minimum absolute atomic E-state index is 0.0571. The van der Waals surface area contributed by atoms with Crippen LogP contribution in [-0.2, 0) is 13.1 Å². The Bertz CT molecular complexity index is 773. The summed E-state index contributed by atoms with van der Waals surface area (Å²) in [6.45, 7) is 8.25. The van der Waals surface area contributed by atoms with Crippen LogP contribution in [0.2, 0.25) is 0 Å². The lowest BCUT2D eigenvalue weighted by atomic mass is 10.1. The maximum absolute atomic E-state index is 13.9. The van der Waals surface area contributed by atoms with Gasteiger partial charge in [0, 0.05) is 38.1 Å². The normalized spacial score (nSPS) is 17.2. The van der Waals surface area contributed by atoms with E-state index in [2.05, 4.69) is 40.3 Å². The van der Waals surface area contributed by atoms with Gasteiger partial charge >= 0.3 is 0 Å². The van der Waals surface area contributed by atoms with Gasteiger partial charge in [-0.2, -0.15) is 0 Å². The summed E-state index contributed by atoms with van der Waals surface area (Å²) in [5.41, 5.74) is 1.20. The molecule has 25 heavy (non-hydrogen) atoms. The molecule has 0 aliphatic carbocycles. The van der Waals surface area contributed by atoms with Crippen molar-refractivity contribution in [2.24, 2.45) is 0 Å². The minimum Gasteiger partial charge on any atom is -0.327 e. The number of aromatic nitrogens is 3. The van der Waals surface area contributed by atoms with Crippen LogP contribution in [0.5, 0.6) is 0 Å². The van der Waals surface area contributed by atoms with E-state index in [0.717, 1.165) is 24.3 Å². The Morgan fingerprint density at radius 2 is 2.16 bits per heavy atom. The molecule has 1 aliphatic rings. The Kier molecular flexibility index (Phi) is 4.85. The average Bonchev–Trinajstić information content (AvgIpc) is 2.99. The lowest BCUT2D eigenvalue weighted by molar-refractivity contribution is 0.0630. The topological polar surface area (TPSA) is 54.3 Å². The Hall–Kier alpha value is -2.28. The summed E-state index contributed by atoms with van der Waals surface area (Å²) in [4.78, 5) is 24.9. The molecule has 0 radical (unpaired) electrons. The Labute approximate surface area is 147 Å². The van der Waals surface area contributed by atoms with E-state index in [9.17, 15) is 9.18 Å². The molecule has 0 aromatic carbocycles. The van der Waals surface area contributed by atoms with Crippen molar-refractivity contribution in [2.75, 3.05) is 13.6 Å². The van der Waals surface area contributed by atoms with Crippen LogP contribution in [0.1, 0.15) is 48.7 Å². The van der Waals surface area contributed by atoms with Crippen LogP contribution >= 0.6 is 0 Å². The Balaban J connectivity index is 1.83. The molecule has 3 rings (SSSR count). The van der Waals surface area contributed by atoms with Gasteiger partial charge in [0.05, 0.1) is 23.5 Å². The Morgan fingerprint density at radius 3 is 2.84 bits per heavy atom. The zero-order chi connectivity index (χ0) is 18.1. The first-order valence-corrected chi connectivity index (χ1v) is 8.55. The van der Waals surface area contributed by atoms with Crippen molar-refractivity contribution < 1.29 is 9.18 Å². The summed E-state index contributed by atoms with van der Waals surface area (Å²) in [5.74, 6) is -0.0587. The number of carbonyl (C=O) groups excluding carboxylic acids is 1. The van der Waals surface area contributed by atoms with Gasteiger partial charge < -0.3 is 9.47 Å². The van der Waals surface area contributed by atoms with Crippen LogP contribution in [0.25, 0.3) is 0 Å². The van der Waals surface area contributed by atoms with Crippen molar-refractivity contribution in [3.63, 3.8) is 0 Å². The van der Waals surface area contributed by atoms with E-state index in [0.29, 0.717) is 19.1 Å². The van der Waals surface area contributed by atoms with E-state index in [1.807, 2.05) is 13.1 Å². The van der Waals surface area contributed by atoms with Crippen LogP contribution < -0.4 is 0 Å². The molecule has 0 bridgehead atoms. The molecule has 134 valence electrons. The summed E-state index contributed by atoms with van der Waals surface area (Å²) in [6.07, 6.45) is 4.39. The molecule has 0 N–H and O–H groups in total. The fraction of sp³-hybridized carbons (Fsp3) is 0.500. The molecule has 3 heterocycles. The Morgan fingerprint density at radius 1 is 1.40 bits per heavy atom. The quantitative estimate of drug-likeness (QED) is 0.854. The van der Waals surface area contributed by atoms with E-state index in [1.54, 1.807) is 4.90 Å². The molecule has 1 unspecified atom stereocenters. The van der Waals surface area contributed by atoms with Gasteiger partial charge in [0.1, 0.15) is 5.82 Å². The number of halogens is 1. The first kappa shape index (κ1) is 17.5. The molecular weight excluding hydrogens is 321 g/mol. The van der Waals surface area contributed by atoms with E-state index in [4.69, 9.17) is 0 Å². The summed E-state index contributed by atoms with van der Waals surface area (Å²) in [6, 6.07) is 1.67. The fourth-order valence-electron chi connectivity index (χ4n) is 3.10. The molecule has 7 heteroatoms. The third-order valence-electron chi connectivity index (χ3n) is 4.93. The monoisotopic (exact) mass is 345 g/mol. The van der Waals surface area contributed by atoms with E-state index < -0.39 is 5.82 Å². The van der Waals surface area contributed by atoms with Crippen molar-refractivity contribution in [3.05, 3.63) is 47.6 Å². The number of hydrogen-bond acceptors (Lipinski definition) is 4. The standard InChI is InChI=1S/C18H24FN5O/c1-12(2)22(4)11-14-9-21-17-13(3)23(7-8-24(14)17)18(25)15-5-6-20-10-16(15)19/h5-6,9-10,12-13H,7-8,11H2,1-4H3. The van der Waals surface area contributed by atoms with Crippen molar-refractivity contribution in [2.45, 2.75) is 45.9 Å². The minimum atomic E-state index is -0.590. The number of pyridine rings is 1. The summed E-state index contributed by atoms with van der Waals surface area (Å²) >= 11 is 0. The van der Waals surface area contributed by atoms with Crippen molar-refractivity contribution >= 4 is 5.91 Å². The highest BCUT2D eigenvalue weighted by Crippen LogP contribution is 2.27. The van der Waals surface area contributed by atoms with Crippen LogP contribution in [0.3, 0.4) is 0 Å². The largest absolute Gasteiger partial charge is 0.327 e. The lowest BCUT2D eigenvalue weighted by Gasteiger charge is -2.35. The third-order valence-corrected chi connectivity index (χ3v) is 4.93. The highest BCUT2D eigenvalue weighted by atomic mass is 19.1. The third kappa shape index (κ3) is 3.28. The second-order valence-corrected chi connectivity index (χ2v) is 6.80. The maximum Gasteiger partial charge on any atom is 0.257 e. The molecule has 2 aromatic heterocycles. The molecule has 1 aliphatic heterocycles. The smallest absolute Gasteiger partial charge is 0.257 e. The van der Waals surface area contributed by atoms with Gasteiger partial charge in [0.25, 0.3) is 5.91 Å². The molecule has 1 atom stereocenters. The summed E-state index contributed by atoms with van der Waals surface area (Å²) in [5, 5.41) is 0. The summed E-state index contributed by atoms with van der Waals surface area (Å²) < 4.78 is 16.1. The zero-order valence-corrected chi connectivity index (χ0v) is 15.1. The van der Waals surface area contributed by atoms with Crippen molar-refractivity contribution in [3.8, 4) is 0 Å². The number of rotatable bonds is 4. The summed E-state index contributed by atoms with van der Waals surface area (Å²) in [7, 11) is 2.08. The number of carbonyl (C=O) groups is 1. The van der Waals surface area contributed by atoms with E-state index >= 15 is 0 Å². The van der Waals surface area contributed by atoms with E-state index in [1.165, 1.54) is 12.3 Å². The van der Waals surface area contributed by atoms with Crippen molar-refractivity contribution in [1.82, 2.24) is 24.3 Å². The molecule has 0 saturated heterocycles. The highest BCUT2D eigenvalue weighted by molar-refractivity contribution is 5.94. The maximum atomic E-state index is 13.9. The van der Waals surface area contributed by atoms with Crippen LogP contribution in [-0.4, -0.2) is 49.9 Å². The lowest BCUT2D eigenvalue weighted by Crippen LogP contribution is -2.42. The van der Waals surface area contributed by atoms with Crippen molar-refractivity contribution in [1.29, 1.82) is 0 Å². The van der Waals surface area contributed by atoms with Gasteiger partial charge in [0.2, 0.25) is 0 Å². The predicted molar refractivity (Wildman–Crippen MR) is 92.5 cm³/mol. The first-order chi connectivity index (χ1) is 11.9. The van der Waals surface area contributed by atoms with Crippen LogP contribution in [0, 0.1) is 5.82 Å². The number of fused-ring (bicyclic) bond motifs is 1. The number of imidazole rings is 1. The second kappa shape index (κ2) is 6.92. The number of amides is 1. The molecule has 0 saturated carbocycles. The fourth-order valence-corrected chi connectivity index (χ4v) is 3.10. The number of nitrogens with zero attached hydrogens (tertiary/aromatic N) is 5. The highest BCUT2D eigenvalue weighted by Gasteiger charge is 2.32. The molecule has 0 fully saturated rings. The first-order valence-electron chi connectivity index (χ1n) is 8.55. The SMILES string of the molecule is CC(C)N(C)Cc1cnc2n1CCN(C(=O)c1ccncc1F)C2C. The predicted octanol–water partition coefficient (Wildman–Crippen LogP) is 2.47. The molecule has 2 aromatic rings. The number of hydrogen-bond donors (Lipinski definition) is 0. The van der Waals surface area contributed by atoms with Gasteiger partial charge in [0.15, 0.2) is 5.82 Å². The average molecular weight is 345 g/mol. The zero-order valence-electron chi connectivity index (χ0n) is 15.1. The second-order valence-electron chi connectivity index (χ2n) is 6.80. The van der Waals surface area contributed by atoms with Gasteiger partial charge in [-0.05, 0) is 33.9 Å². The molecular formula is C18H24FN5O. The van der Waals surface area contributed by atoms with Crippen LogP contribution in [0.4, 0.5) is 4.39 Å². The van der Waals surface area contributed by atoms with E-state index in [-0.39, 0.29) is 17.5 Å². The molecule has 0 spiro atoms. The van der Waals surface area contributed by atoms with Crippen LogP contribution in [0.15, 0.2) is 24.7 Å². The molecule has 1 amide bonds. The van der Waals surface area contributed by atoms with Gasteiger partial charge in [-0.15, -0.1) is 0 Å².